The highest BCUT2D eigenvalue weighted by Crippen LogP contribution is 2.30. The molecular weight excluding hydrogens is 400 g/mol. The van der Waals surface area contributed by atoms with Crippen molar-refractivity contribution in [2.24, 2.45) is 0 Å². The number of rotatable bonds is 8. The molecule has 0 bridgehead atoms. The molecule has 2 aromatic carbocycles. The molecule has 4 rings (SSSR count). The number of amides is 1. The summed E-state index contributed by atoms with van der Waals surface area (Å²) in [5.74, 6) is 1.79. The number of imidazole rings is 1. The van der Waals surface area contributed by atoms with Crippen LogP contribution in [0.2, 0.25) is 0 Å². The lowest BCUT2D eigenvalue weighted by Crippen LogP contribution is -2.21. The Morgan fingerprint density at radius 1 is 1.06 bits per heavy atom. The first kappa shape index (κ1) is 21.6. The van der Waals surface area contributed by atoms with Crippen molar-refractivity contribution in [3.63, 3.8) is 0 Å². The van der Waals surface area contributed by atoms with Gasteiger partial charge in [-0.3, -0.25) is 14.3 Å². The number of carbonyl (C=O) groups excluding carboxylic acids is 1. The van der Waals surface area contributed by atoms with E-state index in [4.69, 9.17) is 9.72 Å². The van der Waals surface area contributed by atoms with E-state index in [1.165, 1.54) is 5.56 Å². The van der Waals surface area contributed by atoms with Gasteiger partial charge in [-0.15, -0.1) is 0 Å². The molecule has 32 heavy (non-hydrogen) atoms. The van der Waals surface area contributed by atoms with Crippen LogP contribution in [0.15, 0.2) is 67.0 Å². The van der Waals surface area contributed by atoms with Gasteiger partial charge in [-0.25, -0.2) is 4.98 Å². The second-order valence-corrected chi connectivity index (χ2v) is 8.09. The van der Waals surface area contributed by atoms with Crippen LogP contribution in [-0.2, 0) is 4.79 Å². The van der Waals surface area contributed by atoms with Gasteiger partial charge in [-0.1, -0.05) is 17.7 Å². The van der Waals surface area contributed by atoms with Crippen molar-refractivity contribution in [1.82, 2.24) is 19.4 Å². The number of hydrogen-bond donors (Lipinski definition) is 0. The van der Waals surface area contributed by atoms with E-state index in [0.29, 0.717) is 13.0 Å². The summed E-state index contributed by atoms with van der Waals surface area (Å²) in [6, 6.07) is 18.3. The third kappa shape index (κ3) is 4.80. The van der Waals surface area contributed by atoms with E-state index >= 15 is 0 Å². The highest BCUT2D eigenvalue weighted by Gasteiger charge is 2.15. The molecule has 0 unspecified atom stereocenters. The predicted molar refractivity (Wildman–Crippen MR) is 127 cm³/mol. The molecule has 0 aliphatic heterocycles. The Morgan fingerprint density at radius 2 is 1.88 bits per heavy atom. The topological polar surface area (TPSA) is 60.2 Å². The molecule has 2 heterocycles. The number of ether oxygens (including phenoxy) is 1. The summed E-state index contributed by atoms with van der Waals surface area (Å²) < 4.78 is 8.15. The molecule has 0 spiro atoms. The van der Waals surface area contributed by atoms with Crippen molar-refractivity contribution in [3.05, 3.63) is 72.6 Å². The first-order valence-corrected chi connectivity index (χ1v) is 10.9. The lowest BCUT2D eigenvalue weighted by molar-refractivity contribution is -0.128. The first-order valence-electron chi connectivity index (χ1n) is 10.9. The van der Waals surface area contributed by atoms with Crippen LogP contribution < -0.4 is 4.74 Å². The molecule has 6 heteroatoms. The Labute approximate surface area is 188 Å². The molecule has 0 saturated heterocycles. The van der Waals surface area contributed by atoms with E-state index in [2.05, 4.69) is 40.7 Å². The normalized spacial score (nSPS) is 11.0. The minimum atomic E-state index is 0.149. The zero-order chi connectivity index (χ0) is 22.5. The molecule has 164 valence electrons. The smallest absolute Gasteiger partial charge is 0.222 e. The lowest BCUT2D eigenvalue weighted by Gasteiger charge is -2.11. The summed E-state index contributed by atoms with van der Waals surface area (Å²) in [5, 5.41) is 0. The molecule has 6 nitrogen and oxygen atoms in total. The largest absolute Gasteiger partial charge is 0.494 e. The highest BCUT2D eigenvalue weighted by atomic mass is 16.5. The Hall–Kier alpha value is -3.67. The summed E-state index contributed by atoms with van der Waals surface area (Å²) >= 11 is 0. The number of pyridine rings is 1. The Kier molecular flexibility index (Phi) is 6.50. The first-order chi connectivity index (χ1) is 15.5. The summed E-state index contributed by atoms with van der Waals surface area (Å²) in [5.41, 5.74) is 5.08. The maximum atomic E-state index is 11.7. The fourth-order valence-corrected chi connectivity index (χ4v) is 3.58. The molecule has 0 fully saturated rings. The third-order valence-electron chi connectivity index (χ3n) is 5.39. The van der Waals surface area contributed by atoms with Crippen LogP contribution in [0.1, 0.15) is 24.8 Å². The summed E-state index contributed by atoms with van der Waals surface area (Å²) in [6.07, 6.45) is 5.78. The van der Waals surface area contributed by atoms with Crippen LogP contribution in [-0.4, -0.2) is 46.0 Å². The second kappa shape index (κ2) is 9.64. The van der Waals surface area contributed by atoms with Crippen LogP contribution in [0.4, 0.5) is 0 Å². The third-order valence-corrected chi connectivity index (χ3v) is 5.39. The van der Waals surface area contributed by atoms with E-state index < -0.39 is 0 Å². The van der Waals surface area contributed by atoms with Crippen molar-refractivity contribution < 1.29 is 9.53 Å². The number of aromatic nitrogens is 3. The SMILES string of the molecule is Cc1ccc(-n2c(-c3cccnc3)nc3ccc(OCCCCC(=O)N(C)C)cc32)cc1. The van der Waals surface area contributed by atoms with Gasteiger partial charge in [0.1, 0.15) is 11.6 Å². The number of nitrogens with zero attached hydrogens (tertiary/aromatic N) is 4. The maximum absolute atomic E-state index is 11.7. The minimum Gasteiger partial charge on any atom is -0.494 e. The van der Waals surface area contributed by atoms with Crippen molar-refractivity contribution in [2.75, 3.05) is 20.7 Å². The Balaban J connectivity index is 1.61. The van der Waals surface area contributed by atoms with Gasteiger partial charge in [0.2, 0.25) is 5.91 Å². The molecule has 4 aromatic rings. The molecule has 0 saturated carbocycles. The number of unbranched alkanes of at least 4 members (excludes halogenated alkanes) is 1. The number of benzene rings is 2. The number of carbonyl (C=O) groups is 1. The zero-order valence-corrected chi connectivity index (χ0v) is 18.8. The van der Waals surface area contributed by atoms with Crippen molar-refractivity contribution in [3.8, 4) is 22.8 Å². The average molecular weight is 429 g/mol. The number of hydrogen-bond acceptors (Lipinski definition) is 4. The number of aryl methyl sites for hydroxylation is 1. The summed E-state index contributed by atoms with van der Waals surface area (Å²) in [7, 11) is 3.57. The van der Waals surface area contributed by atoms with E-state index in [1.807, 2.05) is 36.5 Å². The van der Waals surface area contributed by atoms with Gasteiger partial charge < -0.3 is 9.64 Å². The highest BCUT2D eigenvalue weighted by molar-refractivity contribution is 5.84. The maximum Gasteiger partial charge on any atom is 0.222 e. The van der Waals surface area contributed by atoms with Gasteiger partial charge >= 0.3 is 0 Å². The minimum absolute atomic E-state index is 0.149. The summed E-state index contributed by atoms with van der Waals surface area (Å²) in [4.78, 5) is 22.5. The molecular formula is C26H28N4O2. The fraction of sp³-hybridized carbons (Fsp3) is 0.269. The van der Waals surface area contributed by atoms with Crippen LogP contribution in [0.25, 0.3) is 28.1 Å². The van der Waals surface area contributed by atoms with E-state index in [1.54, 1.807) is 25.2 Å². The molecule has 0 aliphatic carbocycles. The van der Waals surface area contributed by atoms with E-state index in [9.17, 15) is 4.79 Å². The zero-order valence-electron chi connectivity index (χ0n) is 18.8. The van der Waals surface area contributed by atoms with E-state index in [0.717, 1.165) is 46.7 Å². The predicted octanol–water partition coefficient (Wildman–Crippen LogP) is 5.03. The quantitative estimate of drug-likeness (QED) is 0.369. The average Bonchev–Trinajstić information content (AvgIpc) is 3.18. The van der Waals surface area contributed by atoms with Gasteiger partial charge in [-0.05, 0) is 56.2 Å². The van der Waals surface area contributed by atoms with Gasteiger partial charge in [0.05, 0.1) is 17.6 Å². The van der Waals surface area contributed by atoms with Gasteiger partial charge in [0.15, 0.2) is 0 Å². The molecule has 0 radical (unpaired) electrons. The van der Waals surface area contributed by atoms with Crippen molar-refractivity contribution in [1.29, 1.82) is 0 Å². The molecule has 0 N–H and O–H groups in total. The monoisotopic (exact) mass is 428 g/mol. The van der Waals surface area contributed by atoms with Gasteiger partial charge in [-0.2, -0.15) is 0 Å². The van der Waals surface area contributed by atoms with Crippen LogP contribution in [0, 0.1) is 6.92 Å². The van der Waals surface area contributed by atoms with Gasteiger partial charge in [0, 0.05) is 50.2 Å². The van der Waals surface area contributed by atoms with Crippen LogP contribution >= 0.6 is 0 Å². The molecule has 0 aliphatic rings. The van der Waals surface area contributed by atoms with Crippen molar-refractivity contribution >= 4 is 16.9 Å². The molecule has 1 amide bonds. The second-order valence-electron chi connectivity index (χ2n) is 8.09. The van der Waals surface area contributed by atoms with Crippen LogP contribution in [0.5, 0.6) is 5.75 Å². The van der Waals surface area contributed by atoms with E-state index in [-0.39, 0.29) is 5.91 Å². The fourth-order valence-electron chi connectivity index (χ4n) is 3.58. The molecule has 0 atom stereocenters. The van der Waals surface area contributed by atoms with Gasteiger partial charge in [0.25, 0.3) is 0 Å². The molecule has 2 aromatic heterocycles. The lowest BCUT2D eigenvalue weighted by atomic mass is 10.2. The van der Waals surface area contributed by atoms with Crippen LogP contribution in [0.3, 0.4) is 0 Å². The standard InChI is InChI=1S/C26H28N4O2/c1-19-9-11-21(12-10-19)30-24-17-22(32-16-5-4-8-25(31)29(2)3)13-14-23(24)28-26(30)20-7-6-15-27-18-20/h6-7,9-15,17-18H,4-5,8,16H2,1-3H3. The van der Waals surface area contributed by atoms with Crippen molar-refractivity contribution in [2.45, 2.75) is 26.2 Å². The Morgan fingerprint density at radius 3 is 2.59 bits per heavy atom. The number of fused-ring (bicyclic) bond motifs is 1. The Bertz CT molecular complexity index is 1200. The summed E-state index contributed by atoms with van der Waals surface area (Å²) in [6.45, 7) is 2.65.